The highest BCUT2D eigenvalue weighted by atomic mass is 35.5. The molecule has 0 radical (unpaired) electrons. The van der Waals surface area contributed by atoms with E-state index in [9.17, 15) is 14.4 Å². The summed E-state index contributed by atoms with van der Waals surface area (Å²) >= 11 is 5.90. The summed E-state index contributed by atoms with van der Waals surface area (Å²) in [4.78, 5) is 40.5. The molecule has 1 saturated heterocycles. The van der Waals surface area contributed by atoms with E-state index in [1.54, 1.807) is 48.5 Å². The van der Waals surface area contributed by atoms with Gasteiger partial charge in [0.2, 0.25) is 11.8 Å². The van der Waals surface area contributed by atoms with Crippen molar-refractivity contribution < 1.29 is 14.4 Å². The molecule has 3 atom stereocenters. The molecular weight excluding hydrogens is 436 g/mol. The summed E-state index contributed by atoms with van der Waals surface area (Å²) in [6.07, 6.45) is 2.26. The van der Waals surface area contributed by atoms with Crippen molar-refractivity contribution in [2.75, 3.05) is 10.2 Å². The Morgan fingerprint density at radius 1 is 0.848 bits per heavy atom. The van der Waals surface area contributed by atoms with E-state index in [4.69, 9.17) is 11.6 Å². The van der Waals surface area contributed by atoms with Gasteiger partial charge in [-0.25, -0.2) is 0 Å². The lowest BCUT2D eigenvalue weighted by Crippen LogP contribution is -2.31. The van der Waals surface area contributed by atoms with E-state index < -0.39 is 0 Å². The minimum absolute atomic E-state index is 0.160. The molecule has 1 N–H and O–H groups in total. The number of nitrogens with one attached hydrogen (secondary N) is 1. The molecule has 1 heterocycles. The molecule has 3 aromatic rings. The Kier molecular flexibility index (Phi) is 5.73. The Morgan fingerprint density at radius 2 is 1.58 bits per heavy atom. The second-order valence-corrected chi connectivity index (χ2v) is 9.09. The van der Waals surface area contributed by atoms with Gasteiger partial charge in [-0.1, -0.05) is 48.0 Å². The molecule has 0 bridgehead atoms. The third-order valence-corrected chi connectivity index (χ3v) is 6.92. The second-order valence-electron chi connectivity index (χ2n) is 8.66. The molecule has 6 heteroatoms. The smallest absolute Gasteiger partial charge is 0.255 e. The van der Waals surface area contributed by atoms with Crippen LogP contribution in [0.15, 0.2) is 78.9 Å². The van der Waals surface area contributed by atoms with Gasteiger partial charge in [-0.2, -0.15) is 0 Å². The fourth-order valence-electron chi connectivity index (χ4n) is 4.98. The Morgan fingerprint density at radius 3 is 2.33 bits per heavy atom. The fraction of sp³-hybridized carbons (Fsp3) is 0.222. The molecule has 166 valence electrons. The number of rotatable bonds is 4. The Hall–Kier alpha value is -3.44. The molecular formula is C27H23ClN2O3. The lowest BCUT2D eigenvalue weighted by molar-refractivity contribution is -0.122. The quantitative estimate of drug-likeness (QED) is 0.512. The summed E-state index contributed by atoms with van der Waals surface area (Å²) in [5, 5.41) is 3.39. The number of halogens is 1. The minimum atomic E-state index is -0.320. The maximum atomic E-state index is 13.3. The highest BCUT2D eigenvalue weighted by Gasteiger charge is 2.50. The Balaban J connectivity index is 1.35. The molecule has 1 aliphatic heterocycles. The first kappa shape index (κ1) is 21.4. The molecule has 33 heavy (non-hydrogen) atoms. The largest absolute Gasteiger partial charge is 0.322 e. The summed E-state index contributed by atoms with van der Waals surface area (Å²) in [6.45, 7) is 0. The molecule has 0 aromatic heterocycles. The lowest BCUT2D eigenvalue weighted by Gasteiger charge is -2.28. The number of amides is 3. The molecule has 2 aliphatic rings. The van der Waals surface area contributed by atoms with Crippen molar-refractivity contribution in [2.24, 2.45) is 11.8 Å². The lowest BCUT2D eigenvalue weighted by atomic mass is 9.73. The van der Waals surface area contributed by atoms with Gasteiger partial charge < -0.3 is 5.32 Å². The van der Waals surface area contributed by atoms with Crippen molar-refractivity contribution in [3.05, 3.63) is 95.0 Å². The zero-order valence-corrected chi connectivity index (χ0v) is 18.7. The number of benzene rings is 3. The van der Waals surface area contributed by atoms with Gasteiger partial charge in [-0.05, 0) is 73.2 Å². The summed E-state index contributed by atoms with van der Waals surface area (Å²) in [5.74, 6) is -0.972. The normalized spacial score (nSPS) is 22.2. The van der Waals surface area contributed by atoms with E-state index in [0.717, 1.165) is 6.42 Å². The summed E-state index contributed by atoms with van der Waals surface area (Å²) < 4.78 is 0. The van der Waals surface area contributed by atoms with E-state index in [-0.39, 0.29) is 35.5 Å². The number of hydrogen-bond acceptors (Lipinski definition) is 3. The van der Waals surface area contributed by atoms with Gasteiger partial charge in [0.25, 0.3) is 5.91 Å². The highest BCUT2D eigenvalue weighted by molar-refractivity contribution is 6.30. The topological polar surface area (TPSA) is 66.5 Å². The van der Waals surface area contributed by atoms with Crippen LogP contribution in [-0.4, -0.2) is 17.7 Å². The van der Waals surface area contributed by atoms with Crippen molar-refractivity contribution >= 4 is 40.7 Å². The fourth-order valence-corrected chi connectivity index (χ4v) is 5.11. The number of imide groups is 1. The average Bonchev–Trinajstić information content (AvgIpc) is 3.10. The predicted octanol–water partition coefficient (Wildman–Crippen LogP) is 5.67. The molecule has 1 saturated carbocycles. The maximum Gasteiger partial charge on any atom is 0.255 e. The van der Waals surface area contributed by atoms with Crippen LogP contribution in [0.5, 0.6) is 0 Å². The predicted molar refractivity (Wildman–Crippen MR) is 128 cm³/mol. The Labute approximate surface area is 197 Å². The van der Waals surface area contributed by atoms with Gasteiger partial charge in [-0.3, -0.25) is 19.3 Å². The van der Waals surface area contributed by atoms with Gasteiger partial charge in [-0.15, -0.1) is 0 Å². The second kappa shape index (κ2) is 8.83. The SMILES string of the molecule is O=C(Nc1ccc(Cl)cc1)c1cccc(N2C(=O)[C@H]3C[C@H](c4ccccc4)CC[C@H]3C2=O)c1. The van der Waals surface area contributed by atoms with Crippen LogP contribution in [0.4, 0.5) is 11.4 Å². The first-order valence-corrected chi connectivity index (χ1v) is 11.5. The molecule has 3 amide bonds. The van der Waals surface area contributed by atoms with E-state index >= 15 is 0 Å². The molecule has 0 unspecified atom stereocenters. The van der Waals surface area contributed by atoms with Crippen LogP contribution >= 0.6 is 11.6 Å². The number of hydrogen-bond donors (Lipinski definition) is 1. The molecule has 0 spiro atoms. The average molecular weight is 459 g/mol. The molecule has 2 fully saturated rings. The zero-order chi connectivity index (χ0) is 22.9. The molecule has 5 nitrogen and oxygen atoms in total. The number of fused-ring (bicyclic) bond motifs is 1. The number of carbonyl (C=O) groups excluding carboxylic acids is 3. The van der Waals surface area contributed by atoms with Crippen LogP contribution in [0, 0.1) is 11.8 Å². The number of nitrogens with zero attached hydrogens (tertiary/aromatic N) is 1. The van der Waals surface area contributed by atoms with Crippen molar-refractivity contribution in [3.63, 3.8) is 0 Å². The Bertz CT molecular complexity index is 1210. The number of anilines is 2. The van der Waals surface area contributed by atoms with Crippen molar-refractivity contribution in [3.8, 4) is 0 Å². The molecule has 3 aromatic carbocycles. The maximum absolute atomic E-state index is 13.3. The molecule has 5 rings (SSSR count). The van der Waals surface area contributed by atoms with Crippen LogP contribution in [0.25, 0.3) is 0 Å². The van der Waals surface area contributed by atoms with Crippen molar-refractivity contribution in [1.29, 1.82) is 0 Å². The van der Waals surface area contributed by atoms with Crippen LogP contribution in [0.3, 0.4) is 0 Å². The van der Waals surface area contributed by atoms with Crippen molar-refractivity contribution in [2.45, 2.75) is 25.2 Å². The summed E-state index contributed by atoms with van der Waals surface area (Å²) in [7, 11) is 0. The summed E-state index contributed by atoms with van der Waals surface area (Å²) in [6, 6.07) is 23.7. The van der Waals surface area contributed by atoms with Gasteiger partial charge in [0, 0.05) is 16.3 Å². The third kappa shape index (κ3) is 4.16. The van der Waals surface area contributed by atoms with E-state index in [1.807, 2.05) is 18.2 Å². The number of carbonyl (C=O) groups is 3. The van der Waals surface area contributed by atoms with E-state index in [2.05, 4.69) is 17.4 Å². The standard InChI is InChI=1S/C27H23ClN2O3/c28-20-10-12-21(13-11-20)29-25(31)19-7-4-8-22(15-19)30-26(32)23-14-9-18(16-24(23)27(30)33)17-5-2-1-3-6-17/h1-8,10-13,15,18,23-24H,9,14,16H2,(H,29,31)/t18-,23-,24+/m1/s1. The summed E-state index contributed by atoms with van der Waals surface area (Å²) in [5.41, 5.74) is 2.65. The monoisotopic (exact) mass is 458 g/mol. The molecule has 1 aliphatic carbocycles. The van der Waals surface area contributed by atoms with Crippen LogP contribution in [0.2, 0.25) is 5.02 Å². The van der Waals surface area contributed by atoms with Crippen LogP contribution in [0.1, 0.15) is 41.1 Å². The van der Waals surface area contributed by atoms with Gasteiger partial charge in [0.1, 0.15) is 0 Å². The van der Waals surface area contributed by atoms with Crippen molar-refractivity contribution in [1.82, 2.24) is 0 Å². The zero-order valence-electron chi connectivity index (χ0n) is 17.9. The first-order valence-electron chi connectivity index (χ1n) is 11.1. The van der Waals surface area contributed by atoms with E-state index in [0.29, 0.717) is 34.8 Å². The highest BCUT2D eigenvalue weighted by Crippen LogP contribution is 2.45. The van der Waals surface area contributed by atoms with Gasteiger partial charge in [0.05, 0.1) is 17.5 Å². The minimum Gasteiger partial charge on any atom is -0.322 e. The van der Waals surface area contributed by atoms with Crippen LogP contribution in [-0.2, 0) is 9.59 Å². The first-order chi connectivity index (χ1) is 16.0. The third-order valence-electron chi connectivity index (χ3n) is 6.67. The van der Waals surface area contributed by atoms with Gasteiger partial charge in [0.15, 0.2) is 0 Å². The van der Waals surface area contributed by atoms with E-state index in [1.165, 1.54) is 10.5 Å². The van der Waals surface area contributed by atoms with Crippen LogP contribution < -0.4 is 10.2 Å². The van der Waals surface area contributed by atoms with Gasteiger partial charge >= 0.3 is 0 Å².